The van der Waals surface area contributed by atoms with Crippen LogP contribution >= 0.6 is 11.3 Å². The number of aromatic nitrogens is 4. The van der Waals surface area contributed by atoms with Crippen molar-refractivity contribution in [2.45, 2.75) is 58.9 Å². The van der Waals surface area contributed by atoms with Gasteiger partial charge in [-0.3, -0.25) is 9.59 Å². The van der Waals surface area contributed by atoms with Crippen molar-refractivity contribution in [2.75, 3.05) is 10.6 Å². The Morgan fingerprint density at radius 2 is 1.70 bits per heavy atom. The van der Waals surface area contributed by atoms with E-state index < -0.39 is 0 Å². The van der Waals surface area contributed by atoms with E-state index in [0.717, 1.165) is 52.2 Å². The summed E-state index contributed by atoms with van der Waals surface area (Å²) in [6.07, 6.45) is 5.86. The van der Waals surface area contributed by atoms with Crippen LogP contribution in [0.3, 0.4) is 0 Å². The molecule has 43 heavy (non-hydrogen) atoms. The number of fused-ring (bicyclic) bond motifs is 1. The van der Waals surface area contributed by atoms with Crippen LogP contribution in [-0.2, 0) is 4.79 Å². The number of Topliss-reactive ketones (excluding diaryl/α,β-unsaturated/α-hetero) is 1. The lowest BCUT2D eigenvalue weighted by Crippen LogP contribution is -2.22. The Morgan fingerprint density at radius 3 is 2.47 bits per heavy atom. The lowest BCUT2D eigenvalue weighted by Gasteiger charge is -2.20. The van der Waals surface area contributed by atoms with Crippen molar-refractivity contribution in [1.82, 2.24) is 19.9 Å². The fraction of sp³-hybridized carbons (Fsp3) is 0.294. The summed E-state index contributed by atoms with van der Waals surface area (Å²) in [5.41, 5.74) is 3.34. The predicted octanol–water partition coefficient (Wildman–Crippen LogP) is 8.04. The fourth-order valence-electron chi connectivity index (χ4n) is 4.86. The zero-order chi connectivity index (χ0) is 30.2. The fourth-order valence-corrected chi connectivity index (χ4v) is 5.81. The number of hydrogen-bond acceptors (Lipinski definition) is 8. The molecule has 220 valence electrons. The maximum absolute atomic E-state index is 13.7. The summed E-state index contributed by atoms with van der Waals surface area (Å²) < 4.78 is 0. The Morgan fingerprint density at radius 1 is 0.907 bits per heavy atom. The number of hydrogen-bond donors (Lipinski definition) is 2. The predicted molar refractivity (Wildman–Crippen MR) is 174 cm³/mol. The first-order valence-electron chi connectivity index (χ1n) is 14.8. The maximum Gasteiger partial charge on any atom is 0.274 e. The van der Waals surface area contributed by atoms with Gasteiger partial charge >= 0.3 is 0 Å². The molecule has 0 radical (unpaired) electrons. The number of carbonyl (C=O) groups is 2. The third-order valence-electron chi connectivity index (χ3n) is 7.17. The topological polar surface area (TPSA) is 110 Å². The summed E-state index contributed by atoms with van der Waals surface area (Å²) in [7, 11) is 0. The average molecular weight is 593 g/mol. The van der Waals surface area contributed by atoms with Crippen LogP contribution in [0.1, 0.15) is 63.4 Å². The highest BCUT2D eigenvalue weighted by molar-refractivity contribution is 7.21. The van der Waals surface area contributed by atoms with E-state index in [9.17, 15) is 9.59 Å². The molecule has 0 aliphatic rings. The smallest absolute Gasteiger partial charge is 0.274 e. The molecule has 2 aromatic carbocycles. The molecule has 9 heteroatoms. The zero-order valence-corrected chi connectivity index (χ0v) is 25.5. The second-order valence-corrected chi connectivity index (χ2v) is 11.8. The van der Waals surface area contributed by atoms with Crippen molar-refractivity contribution in [2.24, 2.45) is 5.92 Å². The van der Waals surface area contributed by atoms with Crippen LogP contribution in [0, 0.1) is 5.92 Å². The van der Waals surface area contributed by atoms with Gasteiger partial charge < -0.3 is 10.6 Å². The highest BCUT2D eigenvalue weighted by Crippen LogP contribution is 2.34. The number of rotatable bonds is 13. The molecule has 0 spiro atoms. The van der Waals surface area contributed by atoms with Gasteiger partial charge in [-0.25, -0.2) is 19.9 Å². The van der Waals surface area contributed by atoms with E-state index in [-0.39, 0.29) is 29.3 Å². The zero-order valence-electron chi connectivity index (χ0n) is 24.7. The van der Waals surface area contributed by atoms with Gasteiger partial charge in [0.25, 0.3) is 5.91 Å². The van der Waals surface area contributed by atoms with Crippen molar-refractivity contribution in [1.29, 1.82) is 0 Å². The number of ketones is 1. The number of anilines is 2. The molecular weight excluding hydrogens is 556 g/mol. The first-order valence-corrected chi connectivity index (χ1v) is 15.6. The third-order valence-corrected chi connectivity index (χ3v) is 8.18. The molecule has 5 aromatic rings. The van der Waals surface area contributed by atoms with E-state index in [4.69, 9.17) is 9.97 Å². The van der Waals surface area contributed by atoms with Crippen molar-refractivity contribution in [3.8, 4) is 22.0 Å². The van der Waals surface area contributed by atoms with Gasteiger partial charge in [0.15, 0.2) is 5.82 Å². The summed E-state index contributed by atoms with van der Waals surface area (Å²) in [5, 5.41) is 7.39. The first kappa shape index (κ1) is 30.0. The largest absolute Gasteiger partial charge is 0.367 e. The molecule has 3 aromatic heterocycles. The average Bonchev–Trinajstić information content (AvgIpc) is 3.46. The van der Waals surface area contributed by atoms with Gasteiger partial charge in [0.1, 0.15) is 32.6 Å². The number of pyridine rings is 1. The SMILES string of the molecule is CCCC(CCCC(=O)C(C)C)Nc1cc(C(=O)Nc2ccccc2-c2nc3cccnc3s2)nc(-c2ccccc2)n1. The van der Waals surface area contributed by atoms with Gasteiger partial charge in [0, 0.05) is 41.8 Å². The summed E-state index contributed by atoms with van der Waals surface area (Å²) >= 11 is 1.48. The molecular formula is C34H36N6O2S. The maximum atomic E-state index is 13.7. The van der Waals surface area contributed by atoms with Crippen LogP contribution < -0.4 is 10.6 Å². The Balaban J connectivity index is 1.42. The van der Waals surface area contributed by atoms with Gasteiger partial charge in [-0.15, -0.1) is 0 Å². The minimum Gasteiger partial charge on any atom is -0.367 e. The van der Waals surface area contributed by atoms with Crippen molar-refractivity contribution < 1.29 is 9.59 Å². The van der Waals surface area contributed by atoms with E-state index >= 15 is 0 Å². The van der Waals surface area contributed by atoms with E-state index in [2.05, 4.69) is 27.5 Å². The summed E-state index contributed by atoms with van der Waals surface area (Å²) in [4.78, 5) is 45.4. The van der Waals surface area contributed by atoms with E-state index in [1.54, 1.807) is 12.3 Å². The normalized spacial score (nSPS) is 11.9. The number of amides is 1. The van der Waals surface area contributed by atoms with Crippen LogP contribution in [0.2, 0.25) is 0 Å². The Labute approximate surface area is 256 Å². The molecule has 0 aliphatic carbocycles. The number of benzene rings is 2. The number of carbonyl (C=O) groups excluding carboxylic acids is 2. The number of nitrogens with zero attached hydrogens (tertiary/aromatic N) is 4. The second kappa shape index (κ2) is 14.1. The van der Waals surface area contributed by atoms with E-state index in [1.165, 1.54) is 11.3 Å². The van der Waals surface area contributed by atoms with Crippen molar-refractivity contribution >= 4 is 44.9 Å². The molecule has 0 aliphatic heterocycles. The molecule has 0 bridgehead atoms. The Kier molecular flexibility index (Phi) is 9.84. The van der Waals surface area contributed by atoms with Gasteiger partial charge in [-0.05, 0) is 43.5 Å². The molecule has 0 saturated carbocycles. The lowest BCUT2D eigenvalue weighted by molar-refractivity contribution is -0.122. The minimum atomic E-state index is -0.344. The monoisotopic (exact) mass is 592 g/mol. The van der Waals surface area contributed by atoms with Crippen LogP contribution in [0.15, 0.2) is 79.0 Å². The van der Waals surface area contributed by atoms with Crippen LogP contribution in [0.25, 0.3) is 32.3 Å². The summed E-state index contributed by atoms with van der Waals surface area (Å²) in [6, 6.07) is 22.9. The molecule has 3 heterocycles. The Hall–Kier alpha value is -4.50. The molecule has 1 amide bonds. The van der Waals surface area contributed by atoms with Crippen molar-refractivity contribution in [3.05, 3.63) is 84.7 Å². The van der Waals surface area contributed by atoms with Crippen LogP contribution in [-0.4, -0.2) is 37.7 Å². The van der Waals surface area contributed by atoms with Gasteiger partial charge in [0.2, 0.25) is 0 Å². The van der Waals surface area contributed by atoms with Gasteiger partial charge in [0.05, 0.1) is 5.69 Å². The van der Waals surface area contributed by atoms with Crippen LogP contribution in [0.4, 0.5) is 11.5 Å². The lowest BCUT2D eigenvalue weighted by atomic mass is 9.99. The number of nitrogens with one attached hydrogen (secondary N) is 2. The third kappa shape index (κ3) is 7.67. The van der Waals surface area contributed by atoms with Crippen LogP contribution in [0.5, 0.6) is 0 Å². The molecule has 0 fully saturated rings. The number of para-hydroxylation sites is 1. The molecule has 8 nitrogen and oxygen atoms in total. The standard InChI is InChI=1S/C34H36N6O2S/c1-4-12-24(15-10-19-29(41)22(2)3)36-30-21-28(37-31(40-30)23-13-6-5-7-14-23)32(42)38-26-17-9-8-16-25(26)33-39-27-18-11-20-35-34(27)43-33/h5-9,11,13-14,16-18,20-22,24H,4,10,12,15,19H2,1-3H3,(H,38,42)(H,36,37,40). The molecule has 2 N–H and O–H groups in total. The van der Waals surface area contributed by atoms with Crippen molar-refractivity contribution in [3.63, 3.8) is 0 Å². The Bertz CT molecular complexity index is 1670. The summed E-state index contributed by atoms with van der Waals surface area (Å²) in [6.45, 7) is 6.02. The highest BCUT2D eigenvalue weighted by atomic mass is 32.1. The second-order valence-electron chi connectivity index (χ2n) is 10.8. The first-order chi connectivity index (χ1) is 20.9. The minimum absolute atomic E-state index is 0.0467. The van der Waals surface area contributed by atoms with Gasteiger partial charge in [-0.2, -0.15) is 0 Å². The quantitative estimate of drug-likeness (QED) is 0.142. The number of thiazole rings is 1. The molecule has 1 unspecified atom stereocenters. The van der Waals surface area contributed by atoms with E-state index in [1.807, 2.05) is 80.6 Å². The molecule has 0 saturated heterocycles. The van der Waals surface area contributed by atoms with E-state index in [0.29, 0.717) is 23.8 Å². The highest BCUT2D eigenvalue weighted by Gasteiger charge is 2.19. The molecule has 1 atom stereocenters. The molecule has 5 rings (SSSR count). The summed E-state index contributed by atoms with van der Waals surface area (Å²) in [5.74, 6) is 1.03. The van der Waals surface area contributed by atoms with Gasteiger partial charge in [-0.1, -0.05) is 81.0 Å².